The molecule has 1 spiro atoms. The first-order valence-electron chi connectivity index (χ1n) is 13.8. The van der Waals surface area contributed by atoms with Gasteiger partial charge in [0.25, 0.3) is 0 Å². The first-order chi connectivity index (χ1) is 18.7. The molecule has 9 heteroatoms. The van der Waals surface area contributed by atoms with Crippen LogP contribution >= 0.6 is 27.7 Å². The second-order valence-corrected chi connectivity index (χ2v) is 13.6. The van der Waals surface area contributed by atoms with E-state index < -0.39 is 28.7 Å². The fourth-order valence-electron chi connectivity index (χ4n) is 6.56. The van der Waals surface area contributed by atoms with Gasteiger partial charge < -0.3 is 19.8 Å². The van der Waals surface area contributed by atoms with Gasteiger partial charge in [-0.25, -0.2) is 0 Å². The highest BCUT2D eigenvalue weighted by Gasteiger charge is 2.76. The number of thioether (sulfide) groups is 1. The van der Waals surface area contributed by atoms with Crippen LogP contribution in [0.1, 0.15) is 38.7 Å². The second kappa shape index (κ2) is 12.6. The highest BCUT2D eigenvalue weighted by molar-refractivity contribution is 9.09. The van der Waals surface area contributed by atoms with E-state index in [1.807, 2.05) is 30.3 Å². The number of halogens is 1. The minimum absolute atomic E-state index is 0.00835. The molecule has 0 aromatic heterocycles. The largest absolute Gasteiger partial charge is 0.394 e. The Labute approximate surface area is 244 Å². The first kappa shape index (κ1) is 29.9. The van der Waals surface area contributed by atoms with Crippen molar-refractivity contribution in [1.29, 1.82) is 0 Å². The van der Waals surface area contributed by atoms with Crippen LogP contribution in [0.5, 0.6) is 0 Å². The van der Waals surface area contributed by atoms with Crippen LogP contribution in [0.4, 0.5) is 0 Å². The standard InChI is InChI=1S/C30H40BrN3O4S/c1-5-8-16-32(14-6-2)29(38)26-30-17-22(31)25(39-30)23(24(30)28(37)34(26)20(4)19-35)27(36)33(15-7-3)18-21-12-10-9-11-13-21/h6-7,9-13,20,22-26,35H,2-3,5,8,14-19H2,1,4H3/t20-,22?,23+,24+,25+,26?,30?/m1/s1. The maximum atomic E-state index is 14.3. The van der Waals surface area contributed by atoms with E-state index in [4.69, 9.17) is 0 Å². The SMILES string of the molecule is C=CCN(CCCC)C(=O)C1N([C@H](C)CO)C(=O)[C@@H]2[C@H](C(=O)N(CC=C)Cc3ccccc3)[C@H]3SC12CC3Br. The lowest BCUT2D eigenvalue weighted by Gasteiger charge is -2.39. The maximum absolute atomic E-state index is 14.3. The number of aliphatic hydroxyl groups is 1. The summed E-state index contributed by atoms with van der Waals surface area (Å²) in [7, 11) is 0. The molecule has 0 saturated carbocycles. The van der Waals surface area contributed by atoms with E-state index in [0.29, 0.717) is 32.6 Å². The number of aliphatic hydroxyl groups excluding tert-OH is 1. The van der Waals surface area contributed by atoms with E-state index in [1.54, 1.807) is 45.5 Å². The van der Waals surface area contributed by atoms with Crippen molar-refractivity contribution >= 4 is 45.4 Å². The molecule has 212 valence electrons. The summed E-state index contributed by atoms with van der Waals surface area (Å²) in [4.78, 5) is 47.9. The predicted molar refractivity (Wildman–Crippen MR) is 159 cm³/mol. The van der Waals surface area contributed by atoms with Gasteiger partial charge in [0.2, 0.25) is 17.7 Å². The van der Waals surface area contributed by atoms with E-state index in [1.165, 1.54) is 0 Å². The number of fused-ring (bicyclic) bond motifs is 1. The average Bonchev–Trinajstić information content (AvgIpc) is 3.53. The van der Waals surface area contributed by atoms with Crippen LogP contribution in [0, 0.1) is 11.8 Å². The Kier molecular flexibility index (Phi) is 9.65. The minimum Gasteiger partial charge on any atom is -0.394 e. The zero-order chi connectivity index (χ0) is 28.3. The number of carbonyl (C=O) groups excluding carboxylic acids is 3. The van der Waals surface area contributed by atoms with Gasteiger partial charge in [-0.15, -0.1) is 24.9 Å². The molecular weight excluding hydrogens is 578 g/mol. The van der Waals surface area contributed by atoms with Crippen molar-refractivity contribution in [3.05, 3.63) is 61.2 Å². The van der Waals surface area contributed by atoms with Gasteiger partial charge in [-0.3, -0.25) is 14.4 Å². The molecule has 0 radical (unpaired) electrons. The molecule has 7 nitrogen and oxygen atoms in total. The van der Waals surface area contributed by atoms with Gasteiger partial charge in [0.05, 0.1) is 29.2 Å². The number of hydrogen-bond donors (Lipinski definition) is 1. The Bertz CT molecular complexity index is 1090. The van der Waals surface area contributed by atoms with E-state index in [2.05, 4.69) is 36.0 Å². The van der Waals surface area contributed by atoms with Crippen molar-refractivity contribution in [3.8, 4) is 0 Å². The molecule has 3 amide bonds. The molecule has 1 N–H and O–H groups in total. The molecule has 1 aromatic rings. The smallest absolute Gasteiger partial charge is 0.247 e. The van der Waals surface area contributed by atoms with Gasteiger partial charge in [0, 0.05) is 36.3 Å². The summed E-state index contributed by atoms with van der Waals surface area (Å²) in [6.07, 6.45) is 5.83. The van der Waals surface area contributed by atoms with Gasteiger partial charge in [-0.1, -0.05) is 71.8 Å². The number of amides is 3. The zero-order valence-corrected chi connectivity index (χ0v) is 25.3. The third-order valence-electron chi connectivity index (χ3n) is 8.31. The fraction of sp³-hybridized carbons (Fsp3) is 0.567. The van der Waals surface area contributed by atoms with Crippen LogP contribution in [0.3, 0.4) is 0 Å². The molecule has 3 unspecified atom stereocenters. The number of nitrogens with zero attached hydrogens (tertiary/aromatic N) is 3. The second-order valence-electron chi connectivity index (χ2n) is 10.9. The van der Waals surface area contributed by atoms with Crippen LogP contribution in [-0.2, 0) is 20.9 Å². The van der Waals surface area contributed by atoms with Gasteiger partial charge in [0.15, 0.2) is 0 Å². The summed E-state index contributed by atoms with van der Waals surface area (Å²) < 4.78 is -0.741. The molecule has 39 heavy (non-hydrogen) atoms. The third-order valence-corrected chi connectivity index (χ3v) is 11.5. The van der Waals surface area contributed by atoms with Crippen molar-refractivity contribution in [2.75, 3.05) is 26.2 Å². The number of likely N-dealkylation sites (tertiary alicyclic amines) is 1. The molecule has 3 aliphatic heterocycles. The lowest BCUT2D eigenvalue weighted by Crippen LogP contribution is -2.57. The summed E-state index contributed by atoms with van der Waals surface area (Å²) >= 11 is 5.47. The molecule has 7 atom stereocenters. The number of carbonyl (C=O) groups is 3. The summed E-state index contributed by atoms with van der Waals surface area (Å²) in [6.45, 7) is 13.1. The first-order valence-corrected chi connectivity index (χ1v) is 15.6. The zero-order valence-electron chi connectivity index (χ0n) is 22.9. The van der Waals surface area contributed by atoms with Gasteiger partial charge in [0.1, 0.15) is 6.04 Å². The molecule has 3 aliphatic rings. The molecule has 4 rings (SSSR count). The number of unbranched alkanes of at least 4 members (excludes halogenated alkanes) is 1. The highest BCUT2D eigenvalue weighted by atomic mass is 79.9. The minimum atomic E-state index is -0.746. The van der Waals surface area contributed by atoms with Crippen molar-refractivity contribution in [3.63, 3.8) is 0 Å². The van der Waals surface area contributed by atoms with Crippen molar-refractivity contribution in [2.24, 2.45) is 11.8 Å². The van der Waals surface area contributed by atoms with Gasteiger partial charge in [-0.05, 0) is 25.3 Å². The summed E-state index contributed by atoms with van der Waals surface area (Å²) in [5.74, 6) is -1.60. The summed E-state index contributed by atoms with van der Waals surface area (Å²) in [5.41, 5.74) is 1.01. The van der Waals surface area contributed by atoms with Crippen LogP contribution in [0.2, 0.25) is 0 Å². The molecule has 3 fully saturated rings. The molecule has 0 aliphatic carbocycles. The Morgan fingerprint density at radius 1 is 1.21 bits per heavy atom. The van der Waals surface area contributed by atoms with Crippen LogP contribution in [0.25, 0.3) is 0 Å². The Balaban J connectivity index is 1.74. The van der Waals surface area contributed by atoms with E-state index in [-0.39, 0.29) is 34.4 Å². The van der Waals surface area contributed by atoms with Crippen LogP contribution in [0.15, 0.2) is 55.6 Å². The number of alkyl halides is 1. The lowest BCUT2D eigenvalue weighted by atomic mass is 9.70. The molecular formula is C30H40BrN3O4S. The average molecular weight is 619 g/mol. The number of hydrogen-bond acceptors (Lipinski definition) is 5. The van der Waals surface area contributed by atoms with Gasteiger partial charge >= 0.3 is 0 Å². The Morgan fingerprint density at radius 2 is 1.87 bits per heavy atom. The molecule has 2 bridgehead atoms. The number of rotatable bonds is 13. The Hall–Kier alpha value is -2.10. The van der Waals surface area contributed by atoms with Crippen molar-refractivity contribution < 1.29 is 19.5 Å². The van der Waals surface area contributed by atoms with Crippen molar-refractivity contribution in [1.82, 2.24) is 14.7 Å². The molecule has 1 aromatic carbocycles. The van der Waals surface area contributed by atoms with E-state index in [9.17, 15) is 19.5 Å². The van der Waals surface area contributed by atoms with Gasteiger partial charge in [-0.2, -0.15) is 0 Å². The molecule has 3 heterocycles. The monoisotopic (exact) mass is 617 g/mol. The maximum Gasteiger partial charge on any atom is 0.247 e. The quantitative estimate of drug-likeness (QED) is 0.268. The van der Waals surface area contributed by atoms with E-state index in [0.717, 1.165) is 18.4 Å². The Morgan fingerprint density at radius 3 is 2.49 bits per heavy atom. The fourth-order valence-corrected chi connectivity index (χ4v) is 10.1. The summed E-state index contributed by atoms with van der Waals surface area (Å²) in [6, 6.07) is 8.51. The van der Waals surface area contributed by atoms with Crippen molar-refractivity contribution in [2.45, 2.75) is 66.6 Å². The van der Waals surface area contributed by atoms with E-state index >= 15 is 0 Å². The predicted octanol–water partition coefficient (Wildman–Crippen LogP) is 3.86. The topological polar surface area (TPSA) is 81.2 Å². The highest BCUT2D eigenvalue weighted by Crippen LogP contribution is 2.68. The molecule has 3 saturated heterocycles. The third kappa shape index (κ3) is 5.34. The number of benzene rings is 1. The summed E-state index contributed by atoms with van der Waals surface area (Å²) in [5, 5.41) is 10.0. The van der Waals surface area contributed by atoms with Crippen LogP contribution in [-0.4, -0.2) is 90.7 Å². The van der Waals surface area contributed by atoms with Crippen LogP contribution < -0.4 is 0 Å². The normalized spacial score (nSPS) is 29.7. The lowest BCUT2D eigenvalue weighted by molar-refractivity contribution is -0.146.